The van der Waals surface area contributed by atoms with Gasteiger partial charge in [0.1, 0.15) is 11.5 Å². The molecule has 3 aromatic rings. The number of benzene rings is 3. The zero-order valence-electron chi connectivity index (χ0n) is 21.3. The van der Waals surface area contributed by atoms with E-state index in [9.17, 15) is 14.7 Å². The molecular weight excluding hydrogens is 470 g/mol. The first-order valence-electron chi connectivity index (χ1n) is 12.1. The quantitative estimate of drug-likeness (QED) is 0.290. The maximum absolute atomic E-state index is 13.4. The Hall–Kier alpha value is -4.26. The molecule has 0 aromatic heterocycles. The Morgan fingerprint density at radius 2 is 1.73 bits per heavy atom. The number of hydrogen-bond acceptors (Lipinski definition) is 6. The number of likely N-dealkylation sites (tertiary alicyclic amines) is 1. The van der Waals surface area contributed by atoms with Crippen LogP contribution in [0.2, 0.25) is 0 Å². The molecule has 1 N–H and O–H groups in total. The SMILES string of the molecule is COc1cccc(/C(O)=C2\C(=O)C(=O)N(Cc3ccc4c(c3)OCO4)C2c2ccc(C(C)(C)C)cc2)c1. The molecule has 190 valence electrons. The van der Waals surface area contributed by atoms with Crippen LogP contribution in [0.3, 0.4) is 0 Å². The number of methoxy groups -OCH3 is 1. The van der Waals surface area contributed by atoms with Crippen molar-refractivity contribution >= 4 is 17.4 Å². The molecule has 0 saturated carbocycles. The zero-order chi connectivity index (χ0) is 26.3. The molecule has 1 saturated heterocycles. The minimum Gasteiger partial charge on any atom is -0.507 e. The molecule has 3 aromatic carbocycles. The van der Waals surface area contributed by atoms with Gasteiger partial charge in [-0.25, -0.2) is 0 Å². The third-order valence-electron chi connectivity index (χ3n) is 6.77. The van der Waals surface area contributed by atoms with Gasteiger partial charge in [0.25, 0.3) is 11.7 Å². The van der Waals surface area contributed by atoms with Gasteiger partial charge in [0, 0.05) is 12.1 Å². The summed E-state index contributed by atoms with van der Waals surface area (Å²) in [6, 6.07) is 19.3. The Balaban J connectivity index is 1.62. The molecular formula is C30H29NO6. The predicted molar refractivity (Wildman–Crippen MR) is 139 cm³/mol. The van der Waals surface area contributed by atoms with Crippen molar-refractivity contribution < 1.29 is 28.9 Å². The molecule has 1 unspecified atom stereocenters. The molecule has 2 aliphatic heterocycles. The van der Waals surface area contributed by atoms with Crippen LogP contribution in [0.25, 0.3) is 5.76 Å². The fraction of sp³-hybridized carbons (Fsp3) is 0.267. The van der Waals surface area contributed by atoms with Crippen molar-refractivity contribution in [2.24, 2.45) is 0 Å². The minimum absolute atomic E-state index is 0.0440. The van der Waals surface area contributed by atoms with Gasteiger partial charge < -0.3 is 24.2 Å². The van der Waals surface area contributed by atoms with E-state index in [0.29, 0.717) is 22.8 Å². The smallest absolute Gasteiger partial charge is 0.295 e. The van der Waals surface area contributed by atoms with Gasteiger partial charge in [-0.2, -0.15) is 0 Å². The van der Waals surface area contributed by atoms with Crippen LogP contribution in [0.1, 0.15) is 49.1 Å². The molecule has 1 amide bonds. The first kappa shape index (κ1) is 24.4. The van der Waals surface area contributed by atoms with Gasteiger partial charge >= 0.3 is 0 Å². The third kappa shape index (κ3) is 4.53. The largest absolute Gasteiger partial charge is 0.507 e. The first-order chi connectivity index (χ1) is 17.7. The normalized spacial score (nSPS) is 18.4. The molecule has 0 bridgehead atoms. The highest BCUT2D eigenvalue weighted by atomic mass is 16.7. The lowest BCUT2D eigenvalue weighted by molar-refractivity contribution is -0.140. The fourth-order valence-corrected chi connectivity index (χ4v) is 4.72. The zero-order valence-corrected chi connectivity index (χ0v) is 21.3. The van der Waals surface area contributed by atoms with E-state index in [0.717, 1.165) is 16.7 Å². The van der Waals surface area contributed by atoms with Gasteiger partial charge in [0.2, 0.25) is 6.79 Å². The highest BCUT2D eigenvalue weighted by molar-refractivity contribution is 6.46. The Kier molecular flexibility index (Phi) is 6.15. The van der Waals surface area contributed by atoms with Gasteiger partial charge in [-0.15, -0.1) is 0 Å². The van der Waals surface area contributed by atoms with E-state index >= 15 is 0 Å². The lowest BCUT2D eigenvalue weighted by atomic mass is 9.85. The molecule has 7 nitrogen and oxygen atoms in total. The highest BCUT2D eigenvalue weighted by Gasteiger charge is 2.46. The Morgan fingerprint density at radius 3 is 2.43 bits per heavy atom. The summed E-state index contributed by atoms with van der Waals surface area (Å²) in [6.45, 7) is 6.66. The molecule has 7 heteroatoms. The number of Topliss-reactive ketones (excluding diaryl/α,β-unsaturated/α-hetero) is 1. The van der Waals surface area contributed by atoms with Crippen molar-refractivity contribution in [2.75, 3.05) is 13.9 Å². The predicted octanol–water partition coefficient (Wildman–Crippen LogP) is 5.34. The first-order valence-corrected chi connectivity index (χ1v) is 12.1. The second kappa shape index (κ2) is 9.32. The van der Waals surface area contributed by atoms with Gasteiger partial charge in [-0.05, 0) is 46.4 Å². The lowest BCUT2D eigenvalue weighted by Gasteiger charge is -2.26. The molecule has 0 aliphatic carbocycles. The number of aliphatic hydroxyl groups is 1. The molecule has 2 heterocycles. The number of ketones is 1. The van der Waals surface area contributed by atoms with Crippen LogP contribution in [0, 0.1) is 0 Å². The van der Waals surface area contributed by atoms with E-state index in [2.05, 4.69) is 20.8 Å². The van der Waals surface area contributed by atoms with Crippen LogP contribution in [0.15, 0.2) is 72.3 Å². The van der Waals surface area contributed by atoms with E-state index in [1.807, 2.05) is 36.4 Å². The van der Waals surface area contributed by atoms with Gasteiger partial charge in [-0.1, -0.05) is 63.2 Å². The number of rotatable bonds is 5. The summed E-state index contributed by atoms with van der Waals surface area (Å²) in [5.41, 5.74) is 3.02. The van der Waals surface area contributed by atoms with Crippen molar-refractivity contribution in [1.29, 1.82) is 0 Å². The average Bonchev–Trinajstić information content (AvgIpc) is 3.46. The second-order valence-electron chi connectivity index (χ2n) is 10.2. The van der Waals surface area contributed by atoms with Gasteiger partial charge in [0.05, 0.1) is 18.7 Å². The number of carbonyl (C=O) groups is 2. The van der Waals surface area contributed by atoms with E-state index in [1.54, 1.807) is 30.3 Å². The Labute approximate surface area is 215 Å². The Morgan fingerprint density at radius 1 is 1.00 bits per heavy atom. The van der Waals surface area contributed by atoms with E-state index in [1.165, 1.54) is 12.0 Å². The summed E-state index contributed by atoms with van der Waals surface area (Å²) in [5.74, 6) is 0.118. The molecule has 2 aliphatic rings. The molecule has 1 atom stereocenters. The van der Waals surface area contributed by atoms with Crippen LogP contribution >= 0.6 is 0 Å². The van der Waals surface area contributed by atoms with Crippen molar-refractivity contribution in [2.45, 2.75) is 38.8 Å². The van der Waals surface area contributed by atoms with E-state index < -0.39 is 17.7 Å². The van der Waals surface area contributed by atoms with E-state index in [4.69, 9.17) is 14.2 Å². The van der Waals surface area contributed by atoms with Gasteiger partial charge in [-0.3, -0.25) is 9.59 Å². The molecule has 0 spiro atoms. The van der Waals surface area contributed by atoms with Gasteiger partial charge in [0.15, 0.2) is 11.5 Å². The molecule has 37 heavy (non-hydrogen) atoms. The number of hydrogen-bond donors (Lipinski definition) is 1. The maximum atomic E-state index is 13.4. The monoisotopic (exact) mass is 499 g/mol. The summed E-state index contributed by atoms with van der Waals surface area (Å²) in [4.78, 5) is 28.3. The van der Waals surface area contributed by atoms with Crippen molar-refractivity contribution in [1.82, 2.24) is 4.90 Å². The molecule has 1 fully saturated rings. The van der Waals surface area contributed by atoms with Crippen LogP contribution in [-0.4, -0.2) is 35.6 Å². The molecule has 0 radical (unpaired) electrons. The van der Waals surface area contributed by atoms with Crippen molar-refractivity contribution in [3.05, 3.63) is 94.6 Å². The van der Waals surface area contributed by atoms with Crippen molar-refractivity contribution in [3.8, 4) is 17.2 Å². The minimum atomic E-state index is -0.773. The number of aliphatic hydroxyl groups excluding tert-OH is 1. The number of amides is 1. The summed E-state index contributed by atoms with van der Waals surface area (Å²) in [6.07, 6.45) is 0. The van der Waals surface area contributed by atoms with Crippen LogP contribution in [-0.2, 0) is 21.5 Å². The summed E-state index contributed by atoms with van der Waals surface area (Å²) >= 11 is 0. The average molecular weight is 500 g/mol. The number of fused-ring (bicyclic) bond motifs is 1. The van der Waals surface area contributed by atoms with Crippen LogP contribution in [0.4, 0.5) is 0 Å². The third-order valence-corrected chi connectivity index (χ3v) is 6.77. The van der Waals surface area contributed by atoms with Crippen LogP contribution < -0.4 is 14.2 Å². The topological polar surface area (TPSA) is 85.3 Å². The Bertz CT molecular complexity index is 1400. The maximum Gasteiger partial charge on any atom is 0.295 e. The summed E-state index contributed by atoms with van der Waals surface area (Å²) in [5, 5.41) is 11.3. The van der Waals surface area contributed by atoms with Crippen LogP contribution in [0.5, 0.6) is 17.2 Å². The highest BCUT2D eigenvalue weighted by Crippen LogP contribution is 2.42. The standard InChI is InChI=1S/C30H29NO6/c1-30(2,3)21-11-9-19(10-12-21)26-25(27(32)20-6-5-7-22(15-20)35-4)28(33)29(34)31(26)16-18-8-13-23-24(14-18)37-17-36-23/h5-15,26,32H,16-17H2,1-4H3/b27-25+. The summed E-state index contributed by atoms with van der Waals surface area (Å²) < 4.78 is 16.2. The summed E-state index contributed by atoms with van der Waals surface area (Å²) in [7, 11) is 1.53. The lowest BCUT2D eigenvalue weighted by Crippen LogP contribution is -2.29. The number of nitrogens with zero attached hydrogens (tertiary/aromatic N) is 1. The molecule has 5 rings (SSSR count). The van der Waals surface area contributed by atoms with Crippen molar-refractivity contribution in [3.63, 3.8) is 0 Å². The fourth-order valence-electron chi connectivity index (χ4n) is 4.72. The number of carbonyl (C=O) groups excluding carboxylic acids is 2. The number of ether oxygens (including phenoxy) is 3. The second-order valence-corrected chi connectivity index (χ2v) is 10.2. The van der Waals surface area contributed by atoms with E-state index in [-0.39, 0.29) is 30.1 Å².